The van der Waals surface area contributed by atoms with E-state index in [1.165, 1.54) is 0 Å². The summed E-state index contributed by atoms with van der Waals surface area (Å²) >= 11 is 5.52. The van der Waals surface area contributed by atoms with Gasteiger partial charge in [-0.25, -0.2) is 4.98 Å². The highest BCUT2D eigenvalue weighted by molar-refractivity contribution is 14.1. The van der Waals surface area contributed by atoms with Crippen molar-refractivity contribution >= 4 is 38.5 Å². The number of halogens is 2. The maximum atomic E-state index is 4.23. The van der Waals surface area contributed by atoms with Crippen LogP contribution in [0.2, 0.25) is 0 Å². The molecule has 0 amide bonds. The van der Waals surface area contributed by atoms with Gasteiger partial charge in [0.1, 0.15) is 3.70 Å². The van der Waals surface area contributed by atoms with Crippen LogP contribution in [0.3, 0.4) is 0 Å². The number of aromatic nitrogens is 1. The van der Waals surface area contributed by atoms with Gasteiger partial charge in [-0.2, -0.15) is 0 Å². The van der Waals surface area contributed by atoms with Crippen molar-refractivity contribution in [2.75, 3.05) is 0 Å². The second kappa shape index (κ2) is 3.51. The molecule has 3 heteroatoms. The van der Waals surface area contributed by atoms with Crippen LogP contribution in [0.25, 0.3) is 0 Å². The number of rotatable bonds is 1. The van der Waals surface area contributed by atoms with Crippen LogP contribution in [-0.2, 0) is 5.33 Å². The van der Waals surface area contributed by atoms with Crippen LogP contribution in [0, 0.1) is 3.70 Å². The summed E-state index contributed by atoms with van der Waals surface area (Å²) < 4.78 is 1.05. The van der Waals surface area contributed by atoms with Crippen molar-refractivity contribution < 1.29 is 0 Å². The largest absolute Gasteiger partial charge is 0.246 e. The molecule has 1 nitrogen and oxygen atoms in total. The quantitative estimate of drug-likeness (QED) is 0.441. The molecule has 1 rings (SSSR count). The molecule has 48 valence electrons. The van der Waals surface area contributed by atoms with Gasteiger partial charge in [0, 0.05) is 5.33 Å². The molecule has 0 spiro atoms. The van der Waals surface area contributed by atoms with Gasteiger partial charge in [0.25, 0.3) is 0 Å². The van der Waals surface area contributed by atoms with Gasteiger partial charge in [-0.3, -0.25) is 0 Å². The monoisotopic (exact) mass is 297 g/mol. The summed E-state index contributed by atoms with van der Waals surface area (Å²) in [6.45, 7) is 0. The van der Waals surface area contributed by atoms with E-state index in [2.05, 4.69) is 43.5 Å². The van der Waals surface area contributed by atoms with E-state index in [0.29, 0.717) is 0 Å². The zero-order valence-corrected chi connectivity index (χ0v) is 8.39. The Morgan fingerprint density at radius 1 is 1.56 bits per heavy atom. The molecule has 0 aliphatic carbocycles. The third-order valence-electron chi connectivity index (χ3n) is 0.910. The molecule has 1 heterocycles. The van der Waals surface area contributed by atoms with E-state index in [-0.39, 0.29) is 0 Å². The first-order chi connectivity index (χ1) is 4.33. The van der Waals surface area contributed by atoms with Gasteiger partial charge in [0.15, 0.2) is 0 Å². The molecule has 0 aliphatic rings. The van der Waals surface area contributed by atoms with Crippen molar-refractivity contribution in [1.29, 1.82) is 0 Å². The Kier molecular flexibility index (Phi) is 2.91. The number of hydrogen-bond acceptors (Lipinski definition) is 1. The first kappa shape index (κ1) is 7.47. The average Bonchev–Trinajstić information content (AvgIpc) is 1.88. The topological polar surface area (TPSA) is 12.9 Å². The van der Waals surface area contributed by atoms with E-state index >= 15 is 0 Å². The highest BCUT2D eigenvalue weighted by atomic mass is 127. The van der Waals surface area contributed by atoms with Gasteiger partial charge in [-0.15, -0.1) is 0 Å². The molecular weight excluding hydrogens is 293 g/mol. The molecule has 0 saturated heterocycles. The van der Waals surface area contributed by atoms with Crippen molar-refractivity contribution in [3.05, 3.63) is 27.6 Å². The van der Waals surface area contributed by atoms with E-state index in [4.69, 9.17) is 0 Å². The lowest BCUT2D eigenvalue weighted by Gasteiger charge is -1.92. The minimum atomic E-state index is 0.837. The van der Waals surface area contributed by atoms with Gasteiger partial charge in [0.05, 0.1) is 5.69 Å². The summed E-state index contributed by atoms with van der Waals surface area (Å²) in [4.78, 5) is 4.23. The molecule has 9 heavy (non-hydrogen) atoms. The normalized spacial score (nSPS) is 9.56. The fourth-order valence-corrected chi connectivity index (χ4v) is 1.35. The van der Waals surface area contributed by atoms with Crippen LogP contribution in [0.15, 0.2) is 18.2 Å². The van der Waals surface area contributed by atoms with Crippen molar-refractivity contribution in [3.63, 3.8) is 0 Å². The SMILES string of the molecule is BrCc1cccc(I)n1. The summed E-state index contributed by atoms with van der Waals surface area (Å²) in [6, 6.07) is 5.98. The molecule has 1 aromatic rings. The Labute approximate surface area is 76.1 Å². The molecule has 0 fully saturated rings. The van der Waals surface area contributed by atoms with Crippen molar-refractivity contribution in [1.82, 2.24) is 4.98 Å². The summed E-state index contributed by atoms with van der Waals surface area (Å²) in [7, 11) is 0. The first-order valence-corrected chi connectivity index (χ1v) is 4.70. The molecular formula is C6H5BrIN. The lowest BCUT2D eigenvalue weighted by atomic mass is 10.4. The molecule has 0 radical (unpaired) electrons. The summed E-state index contributed by atoms with van der Waals surface area (Å²) in [5.74, 6) is 0. The Morgan fingerprint density at radius 2 is 2.33 bits per heavy atom. The Balaban J connectivity index is 2.94. The number of pyridine rings is 1. The Bertz CT molecular complexity index is 202. The molecule has 0 saturated carbocycles. The standard InChI is InChI=1S/C6H5BrIN/c7-4-5-2-1-3-6(8)9-5/h1-3H,4H2. The van der Waals surface area contributed by atoms with E-state index in [1.807, 2.05) is 18.2 Å². The van der Waals surface area contributed by atoms with E-state index in [0.717, 1.165) is 14.7 Å². The van der Waals surface area contributed by atoms with E-state index < -0.39 is 0 Å². The molecule has 0 aliphatic heterocycles. The zero-order chi connectivity index (χ0) is 6.69. The van der Waals surface area contributed by atoms with Gasteiger partial charge >= 0.3 is 0 Å². The lowest BCUT2D eigenvalue weighted by molar-refractivity contribution is 1.15. The number of nitrogens with zero attached hydrogens (tertiary/aromatic N) is 1. The number of hydrogen-bond donors (Lipinski definition) is 0. The highest BCUT2D eigenvalue weighted by Crippen LogP contribution is 2.04. The number of alkyl halides is 1. The molecule has 0 bridgehead atoms. The summed E-state index contributed by atoms with van der Waals surface area (Å²) in [6.07, 6.45) is 0. The van der Waals surface area contributed by atoms with Crippen LogP contribution in [0.4, 0.5) is 0 Å². The zero-order valence-electron chi connectivity index (χ0n) is 4.64. The fraction of sp³-hybridized carbons (Fsp3) is 0.167. The Morgan fingerprint density at radius 3 is 2.78 bits per heavy atom. The van der Waals surface area contributed by atoms with Crippen LogP contribution >= 0.6 is 38.5 Å². The molecule has 0 unspecified atom stereocenters. The van der Waals surface area contributed by atoms with Gasteiger partial charge in [-0.1, -0.05) is 22.0 Å². The molecule has 0 aromatic carbocycles. The lowest BCUT2D eigenvalue weighted by Crippen LogP contribution is -1.85. The third-order valence-corrected chi connectivity index (χ3v) is 2.09. The van der Waals surface area contributed by atoms with E-state index in [1.54, 1.807) is 0 Å². The van der Waals surface area contributed by atoms with E-state index in [9.17, 15) is 0 Å². The third kappa shape index (κ3) is 2.21. The van der Waals surface area contributed by atoms with Crippen LogP contribution < -0.4 is 0 Å². The molecule has 1 aromatic heterocycles. The molecule has 0 atom stereocenters. The van der Waals surface area contributed by atoms with Crippen molar-refractivity contribution in [3.8, 4) is 0 Å². The second-order valence-corrected chi connectivity index (χ2v) is 3.25. The van der Waals surface area contributed by atoms with Crippen LogP contribution in [-0.4, -0.2) is 4.98 Å². The summed E-state index contributed by atoms with van der Waals surface area (Å²) in [5.41, 5.74) is 1.09. The second-order valence-electron chi connectivity index (χ2n) is 1.59. The van der Waals surface area contributed by atoms with Gasteiger partial charge < -0.3 is 0 Å². The predicted molar refractivity (Wildman–Crippen MR) is 49.6 cm³/mol. The maximum absolute atomic E-state index is 4.23. The minimum Gasteiger partial charge on any atom is -0.246 e. The first-order valence-electron chi connectivity index (χ1n) is 2.50. The Hall–Kier alpha value is 0.360. The fourth-order valence-electron chi connectivity index (χ4n) is 0.525. The van der Waals surface area contributed by atoms with Gasteiger partial charge in [-0.05, 0) is 34.7 Å². The van der Waals surface area contributed by atoms with Gasteiger partial charge in [0.2, 0.25) is 0 Å². The van der Waals surface area contributed by atoms with Crippen LogP contribution in [0.5, 0.6) is 0 Å². The molecule has 0 N–H and O–H groups in total. The minimum absolute atomic E-state index is 0.837. The summed E-state index contributed by atoms with van der Waals surface area (Å²) in [5, 5.41) is 0.837. The average molecular weight is 298 g/mol. The highest BCUT2D eigenvalue weighted by Gasteiger charge is 1.89. The van der Waals surface area contributed by atoms with Crippen molar-refractivity contribution in [2.45, 2.75) is 5.33 Å². The predicted octanol–water partition coefficient (Wildman–Crippen LogP) is 2.58. The van der Waals surface area contributed by atoms with Crippen LogP contribution in [0.1, 0.15) is 5.69 Å². The smallest absolute Gasteiger partial charge is 0.101 e. The van der Waals surface area contributed by atoms with Crippen molar-refractivity contribution in [2.24, 2.45) is 0 Å². The maximum Gasteiger partial charge on any atom is 0.101 e.